The zero-order valence-corrected chi connectivity index (χ0v) is 13.9. The van der Waals surface area contributed by atoms with Crippen LogP contribution in [-0.4, -0.2) is 34.2 Å². The largest absolute Gasteiger partial charge is 0.462 e. The highest BCUT2D eigenvalue weighted by molar-refractivity contribution is 9.10. The van der Waals surface area contributed by atoms with E-state index in [1.807, 2.05) is 0 Å². The number of carbonyl (C=O) groups is 1. The minimum Gasteiger partial charge on any atom is -0.462 e. The van der Waals surface area contributed by atoms with Crippen LogP contribution in [0.1, 0.15) is 22.3 Å². The number of ether oxygens (including phenoxy) is 2. The van der Waals surface area contributed by atoms with E-state index in [2.05, 4.69) is 15.9 Å². The van der Waals surface area contributed by atoms with Crippen LogP contribution >= 0.6 is 15.9 Å². The molecule has 2 rings (SSSR count). The Morgan fingerprint density at radius 3 is 2.81 bits per heavy atom. The lowest BCUT2D eigenvalue weighted by molar-refractivity contribution is 0.0427. The van der Waals surface area contributed by atoms with E-state index in [0.717, 1.165) is 6.42 Å². The van der Waals surface area contributed by atoms with E-state index >= 15 is 0 Å². The predicted octanol–water partition coefficient (Wildman–Crippen LogP) is 1.60. The lowest BCUT2D eigenvalue weighted by atomic mass is 10.1. The van der Waals surface area contributed by atoms with Crippen molar-refractivity contribution in [3.8, 4) is 0 Å². The maximum atomic E-state index is 12.0. The second kappa shape index (κ2) is 6.43. The van der Waals surface area contributed by atoms with Gasteiger partial charge in [-0.2, -0.15) is 0 Å². The average Bonchev–Trinajstić information content (AvgIpc) is 2.90. The highest BCUT2D eigenvalue weighted by atomic mass is 79.9. The van der Waals surface area contributed by atoms with Crippen molar-refractivity contribution in [1.82, 2.24) is 0 Å². The number of nitrogens with two attached hydrogens (primary N) is 1. The molecule has 1 aromatic rings. The van der Waals surface area contributed by atoms with Gasteiger partial charge in [0.1, 0.15) is 0 Å². The first-order valence-electron chi connectivity index (χ1n) is 6.37. The van der Waals surface area contributed by atoms with Crippen LogP contribution in [0.25, 0.3) is 0 Å². The Morgan fingerprint density at radius 1 is 1.52 bits per heavy atom. The molecule has 0 saturated carbocycles. The fraction of sp³-hybridized carbons (Fsp3) is 0.462. The number of esters is 1. The van der Waals surface area contributed by atoms with Crippen LogP contribution in [0, 0.1) is 12.8 Å². The molecule has 1 fully saturated rings. The van der Waals surface area contributed by atoms with Crippen LogP contribution in [0.2, 0.25) is 0 Å². The molecule has 1 aliphatic rings. The average molecular weight is 378 g/mol. The molecule has 1 aliphatic heterocycles. The van der Waals surface area contributed by atoms with Crippen LogP contribution in [0.4, 0.5) is 0 Å². The van der Waals surface area contributed by atoms with Gasteiger partial charge >= 0.3 is 5.97 Å². The van der Waals surface area contributed by atoms with Crippen LogP contribution in [0.3, 0.4) is 0 Å². The van der Waals surface area contributed by atoms with Gasteiger partial charge in [-0.05, 0) is 47.0 Å². The minimum absolute atomic E-state index is 0.126. The first kappa shape index (κ1) is 16.4. The summed E-state index contributed by atoms with van der Waals surface area (Å²) in [7, 11) is -3.92. The molecule has 0 aliphatic carbocycles. The molecular formula is C13H16BrNO5S. The SMILES string of the molecule is Cc1cc(C(=O)OCC2CCOC2)cc(S(N)(=O)=O)c1Br. The Balaban J connectivity index is 2.19. The van der Waals surface area contributed by atoms with E-state index in [0.29, 0.717) is 23.2 Å². The second-order valence-electron chi connectivity index (χ2n) is 4.98. The monoisotopic (exact) mass is 377 g/mol. The first-order chi connectivity index (χ1) is 9.79. The summed E-state index contributed by atoms with van der Waals surface area (Å²) >= 11 is 3.16. The molecule has 0 spiro atoms. The van der Waals surface area contributed by atoms with Crippen LogP contribution in [0.15, 0.2) is 21.5 Å². The molecule has 116 valence electrons. The number of carbonyl (C=O) groups excluding carboxylic acids is 1. The Bertz CT molecular complexity index is 653. The molecule has 0 radical (unpaired) electrons. The molecule has 0 amide bonds. The van der Waals surface area contributed by atoms with Gasteiger partial charge in [0, 0.05) is 17.0 Å². The van der Waals surface area contributed by atoms with E-state index in [4.69, 9.17) is 14.6 Å². The van der Waals surface area contributed by atoms with Crippen molar-refractivity contribution in [2.75, 3.05) is 19.8 Å². The van der Waals surface area contributed by atoms with Gasteiger partial charge in [-0.3, -0.25) is 0 Å². The molecule has 1 heterocycles. The third-order valence-corrected chi connectivity index (χ3v) is 5.49. The van der Waals surface area contributed by atoms with Crippen molar-refractivity contribution in [1.29, 1.82) is 0 Å². The molecule has 1 aromatic carbocycles. The van der Waals surface area contributed by atoms with Gasteiger partial charge in [0.05, 0.1) is 23.7 Å². The summed E-state index contributed by atoms with van der Waals surface area (Å²) in [5.41, 5.74) is 0.760. The topological polar surface area (TPSA) is 95.7 Å². The summed E-state index contributed by atoms with van der Waals surface area (Å²) in [6.45, 7) is 3.20. The molecule has 8 heteroatoms. The minimum atomic E-state index is -3.92. The molecule has 6 nitrogen and oxygen atoms in total. The highest BCUT2D eigenvalue weighted by Gasteiger charge is 2.21. The number of rotatable bonds is 4. The van der Waals surface area contributed by atoms with Crippen molar-refractivity contribution < 1.29 is 22.7 Å². The normalized spacial score (nSPS) is 18.7. The molecule has 21 heavy (non-hydrogen) atoms. The molecule has 2 N–H and O–H groups in total. The lowest BCUT2D eigenvalue weighted by Gasteiger charge is -2.11. The number of sulfonamides is 1. The summed E-state index contributed by atoms with van der Waals surface area (Å²) in [5, 5.41) is 5.14. The van der Waals surface area contributed by atoms with E-state index in [9.17, 15) is 13.2 Å². The Kier molecular flexibility index (Phi) is 5.03. The van der Waals surface area contributed by atoms with E-state index in [1.165, 1.54) is 6.07 Å². The van der Waals surface area contributed by atoms with Crippen LogP contribution in [-0.2, 0) is 19.5 Å². The van der Waals surface area contributed by atoms with E-state index in [1.54, 1.807) is 13.0 Å². The summed E-state index contributed by atoms with van der Waals surface area (Å²) < 4.78 is 33.8. The Hall–Kier alpha value is -0.960. The molecular weight excluding hydrogens is 362 g/mol. The third-order valence-electron chi connectivity index (χ3n) is 3.24. The molecule has 1 unspecified atom stereocenters. The van der Waals surface area contributed by atoms with E-state index < -0.39 is 16.0 Å². The van der Waals surface area contributed by atoms with Crippen molar-refractivity contribution in [2.45, 2.75) is 18.2 Å². The zero-order valence-electron chi connectivity index (χ0n) is 11.5. The van der Waals surface area contributed by atoms with Crippen molar-refractivity contribution >= 4 is 31.9 Å². The van der Waals surface area contributed by atoms with E-state index in [-0.39, 0.29) is 23.0 Å². The van der Waals surface area contributed by atoms with Gasteiger partial charge < -0.3 is 9.47 Å². The van der Waals surface area contributed by atoms with Crippen LogP contribution < -0.4 is 5.14 Å². The Labute approximate surface area is 131 Å². The van der Waals surface area contributed by atoms with Crippen LogP contribution in [0.5, 0.6) is 0 Å². The number of benzene rings is 1. The third kappa shape index (κ3) is 4.03. The van der Waals surface area contributed by atoms with Gasteiger partial charge in [-0.1, -0.05) is 0 Å². The maximum absolute atomic E-state index is 12.0. The van der Waals surface area contributed by atoms with Gasteiger partial charge in [0.2, 0.25) is 10.0 Å². The Morgan fingerprint density at radius 2 is 2.24 bits per heavy atom. The molecule has 0 bridgehead atoms. The maximum Gasteiger partial charge on any atom is 0.338 e. The summed E-state index contributed by atoms with van der Waals surface area (Å²) in [4.78, 5) is 11.9. The van der Waals surface area contributed by atoms with Crippen molar-refractivity contribution in [2.24, 2.45) is 11.1 Å². The number of primary sulfonamides is 1. The van der Waals surface area contributed by atoms with Gasteiger partial charge in [-0.15, -0.1) is 0 Å². The fourth-order valence-corrected chi connectivity index (χ4v) is 3.66. The summed E-state index contributed by atoms with van der Waals surface area (Å²) in [6, 6.07) is 2.78. The first-order valence-corrected chi connectivity index (χ1v) is 8.71. The quantitative estimate of drug-likeness (QED) is 0.803. The molecule has 0 aromatic heterocycles. The van der Waals surface area contributed by atoms with Gasteiger partial charge in [0.15, 0.2) is 0 Å². The zero-order chi connectivity index (χ0) is 15.6. The fourth-order valence-electron chi connectivity index (χ4n) is 2.05. The van der Waals surface area contributed by atoms with Crippen molar-refractivity contribution in [3.05, 3.63) is 27.7 Å². The van der Waals surface area contributed by atoms with Gasteiger partial charge in [0.25, 0.3) is 0 Å². The number of hydrogen-bond acceptors (Lipinski definition) is 5. The molecule has 1 saturated heterocycles. The van der Waals surface area contributed by atoms with Crippen molar-refractivity contribution in [3.63, 3.8) is 0 Å². The number of aryl methyl sites for hydroxylation is 1. The number of halogens is 1. The second-order valence-corrected chi connectivity index (χ2v) is 7.30. The lowest BCUT2D eigenvalue weighted by Crippen LogP contribution is -2.17. The highest BCUT2D eigenvalue weighted by Crippen LogP contribution is 2.27. The number of hydrogen-bond donors (Lipinski definition) is 1. The summed E-state index contributed by atoms with van der Waals surface area (Å²) in [6.07, 6.45) is 0.856. The standard InChI is InChI=1S/C13H16BrNO5S/c1-8-4-10(5-11(12(8)14)21(15,17)18)13(16)20-7-9-2-3-19-6-9/h4-5,9H,2-3,6-7H2,1H3,(H2,15,17,18). The van der Waals surface area contributed by atoms with Gasteiger partial charge in [-0.25, -0.2) is 18.4 Å². The molecule has 1 atom stereocenters. The predicted molar refractivity (Wildman–Crippen MR) is 79.5 cm³/mol. The summed E-state index contributed by atoms with van der Waals surface area (Å²) in [5.74, 6) is -0.370. The smallest absolute Gasteiger partial charge is 0.338 e.